The van der Waals surface area contributed by atoms with Gasteiger partial charge in [-0.2, -0.15) is 0 Å². The first-order valence-corrected chi connectivity index (χ1v) is 15.1. The molecule has 10 nitrogen and oxygen atoms in total. The minimum Gasteiger partial charge on any atom is -0.463 e. The molecule has 1 aromatic carbocycles. The van der Waals surface area contributed by atoms with E-state index >= 15 is 0 Å². The third-order valence-corrected chi connectivity index (χ3v) is 8.75. The average Bonchev–Trinajstić information content (AvgIpc) is 3.64. The van der Waals surface area contributed by atoms with E-state index in [1.807, 2.05) is 48.6 Å². The van der Waals surface area contributed by atoms with Crippen molar-refractivity contribution in [2.24, 2.45) is 11.8 Å². The number of allylic oxidation sites excluding steroid dienone is 1. The van der Waals surface area contributed by atoms with E-state index in [1.165, 1.54) is 0 Å². The number of benzene rings is 1. The topological polar surface area (TPSA) is 125 Å². The Morgan fingerprint density at radius 1 is 1.02 bits per heavy atom. The van der Waals surface area contributed by atoms with Crippen LogP contribution in [0.4, 0.5) is 0 Å². The molecule has 6 atom stereocenters. The minimum absolute atomic E-state index is 0.0163. The van der Waals surface area contributed by atoms with Gasteiger partial charge in [0.25, 0.3) is 0 Å². The highest BCUT2D eigenvalue weighted by Gasteiger charge is 2.73. The van der Waals surface area contributed by atoms with Gasteiger partial charge < -0.3 is 29.7 Å². The maximum absolute atomic E-state index is 14.3. The number of carbonyl (C=O) groups is 4. The Labute approximate surface area is 246 Å². The van der Waals surface area contributed by atoms with Gasteiger partial charge in [0.2, 0.25) is 17.7 Å². The summed E-state index contributed by atoms with van der Waals surface area (Å²) in [5, 5.41) is 12.4. The fourth-order valence-corrected chi connectivity index (χ4v) is 6.64. The van der Waals surface area contributed by atoms with Crippen molar-refractivity contribution in [1.82, 2.24) is 15.1 Å². The number of rotatable bonds is 8. The van der Waals surface area contributed by atoms with Gasteiger partial charge in [0.05, 0.1) is 24.0 Å². The van der Waals surface area contributed by atoms with E-state index in [0.717, 1.165) is 18.4 Å². The first-order valence-electron chi connectivity index (χ1n) is 15.1. The number of aliphatic hydroxyl groups excluding tert-OH is 1. The second kappa shape index (κ2) is 13.2. The lowest BCUT2D eigenvalue weighted by Gasteiger charge is -2.36. The van der Waals surface area contributed by atoms with E-state index in [-0.39, 0.29) is 49.9 Å². The van der Waals surface area contributed by atoms with Crippen LogP contribution in [0, 0.1) is 11.8 Å². The van der Waals surface area contributed by atoms with Crippen molar-refractivity contribution in [1.29, 1.82) is 0 Å². The van der Waals surface area contributed by atoms with Gasteiger partial charge in [0, 0.05) is 32.7 Å². The molecule has 1 spiro atoms. The van der Waals surface area contributed by atoms with Gasteiger partial charge in [0.15, 0.2) is 0 Å². The third-order valence-electron chi connectivity index (χ3n) is 8.75. The molecule has 0 unspecified atom stereocenters. The number of ether oxygens (including phenoxy) is 2. The van der Waals surface area contributed by atoms with Crippen LogP contribution in [0.15, 0.2) is 54.6 Å². The Morgan fingerprint density at radius 2 is 1.83 bits per heavy atom. The fourth-order valence-electron chi connectivity index (χ4n) is 6.64. The van der Waals surface area contributed by atoms with Crippen LogP contribution < -0.4 is 5.32 Å². The second-order valence-corrected chi connectivity index (χ2v) is 11.5. The van der Waals surface area contributed by atoms with Crippen molar-refractivity contribution in [3.05, 3.63) is 60.2 Å². The monoisotopic (exact) mass is 579 g/mol. The largest absolute Gasteiger partial charge is 0.463 e. The summed E-state index contributed by atoms with van der Waals surface area (Å²) in [6, 6.07) is 7.73. The summed E-state index contributed by atoms with van der Waals surface area (Å²) in [4.78, 5) is 58.3. The molecule has 42 heavy (non-hydrogen) atoms. The van der Waals surface area contributed by atoms with Gasteiger partial charge in [-0.25, -0.2) is 0 Å². The molecule has 4 heterocycles. The fraction of sp³-hybridized carbons (Fsp3) is 0.562. The van der Waals surface area contributed by atoms with Crippen LogP contribution in [0.5, 0.6) is 0 Å². The Hall–Kier alpha value is -3.50. The van der Waals surface area contributed by atoms with Crippen LogP contribution in [0.25, 0.3) is 0 Å². The zero-order valence-corrected chi connectivity index (χ0v) is 24.2. The van der Waals surface area contributed by atoms with E-state index in [4.69, 9.17) is 9.47 Å². The molecule has 2 saturated heterocycles. The maximum Gasteiger partial charge on any atom is 0.306 e. The summed E-state index contributed by atoms with van der Waals surface area (Å²) < 4.78 is 12.1. The molecule has 5 rings (SSSR count). The highest BCUT2D eigenvalue weighted by molar-refractivity contribution is 6.00. The summed E-state index contributed by atoms with van der Waals surface area (Å²) in [5.74, 6) is -2.98. The van der Waals surface area contributed by atoms with Crippen LogP contribution in [0.1, 0.15) is 57.1 Å². The molecule has 3 amide bonds. The highest BCUT2D eigenvalue weighted by atomic mass is 16.5. The molecule has 2 fully saturated rings. The lowest BCUT2D eigenvalue weighted by atomic mass is 9.74. The average molecular weight is 580 g/mol. The van der Waals surface area contributed by atoms with Crippen LogP contribution in [-0.4, -0.2) is 89.2 Å². The molecule has 0 saturated carbocycles. The summed E-state index contributed by atoms with van der Waals surface area (Å²) in [7, 11) is 0. The predicted octanol–water partition coefficient (Wildman–Crippen LogP) is 2.29. The number of likely N-dealkylation sites (tertiary alicyclic amines) is 1. The zero-order chi connectivity index (χ0) is 29.7. The number of cyclic esters (lactones) is 1. The first-order chi connectivity index (χ1) is 20.4. The summed E-state index contributed by atoms with van der Waals surface area (Å²) in [5.41, 5.74) is -0.481. The summed E-state index contributed by atoms with van der Waals surface area (Å²) in [6.07, 6.45) is 10.0. The molecular formula is C32H41N3O7. The predicted molar refractivity (Wildman–Crippen MR) is 154 cm³/mol. The van der Waals surface area contributed by atoms with Crippen LogP contribution >= 0.6 is 0 Å². The smallest absolute Gasteiger partial charge is 0.306 e. The quantitative estimate of drug-likeness (QED) is 0.275. The van der Waals surface area contributed by atoms with Gasteiger partial charge in [0.1, 0.15) is 18.2 Å². The van der Waals surface area contributed by atoms with Crippen molar-refractivity contribution < 1.29 is 33.8 Å². The Morgan fingerprint density at radius 3 is 2.60 bits per heavy atom. The first kappa shape index (κ1) is 30.0. The van der Waals surface area contributed by atoms with Gasteiger partial charge in [-0.05, 0) is 31.2 Å². The van der Waals surface area contributed by atoms with Crippen molar-refractivity contribution in [3.8, 4) is 0 Å². The van der Waals surface area contributed by atoms with Crippen LogP contribution in [-0.2, 0) is 28.7 Å². The van der Waals surface area contributed by atoms with Crippen molar-refractivity contribution >= 4 is 23.7 Å². The van der Waals surface area contributed by atoms with E-state index in [2.05, 4.69) is 12.2 Å². The highest BCUT2D eigenvalue weighted by Crippen LogP contribution is 2.55. The zero-order valence-electron chi connectivity index (χ0n) is 24.2. The number of esters is 1. The van der Waals surface area contributed by atoms with E-state index in [1.54, 1.807) is 15.9 Å². The number of aliphatic hydroxyl groups is 1. The van der Waals surface area contributed by atoms with Gasteiger partial charge in [-0.1, -0.05) is 68.0 Å². The number of fused-ring (bicyclic) bond motifs is 2. The molecule has 1 aromatic rings. The van der Waals surface area contributed by atoms with E-state index < -0.39 is 35.6 Å². The molecule has 226 valence electrons. The maximum atomic E-state index is 14.3. The van der Waals surface area contributed by atoms with Crippen molar-refractivity contribution in [2.45, 2.75) is 69.2 Å². The summed E-state index contributed by atoms with van der Waals surface area (Å²) in [6.45, 7) is 3.11. The van der Waals surface area contributed by atoms with Crippen LogP contribution in [0.3, 0.4) is 0 Å². The van der Waals surface area contributed by atoms with E-state index in [0.29, 0.717) is 32.4 Å². The number of amides is 3. The normalized spacial score (nSPS) is 32.2. The number of unbranched alkanes of at least 4 members (excludes halogenated alkanes) is 2. The molecule has 4 aliphatic rings. The van der Waals surface area contributed by atoms with Gasteiger partial charge in [-0.3, -0.25) is 19.2 Å². The minimum atomic E-state index is -1.25. The SMILES string of the molecule is CCCCN1C/C=C\CCC(=O)OC[C@@H](c2ccccc2)NC(=O)[C@@H]2[C@@H]3C=C[C@]4(O3)[C@H](C1=O)N(CCCCO)C(=O)[C@@H]24. The Bertz CT molecular complexity index is 1220. The molecule has 5 bridgehead atoms. The lowest BCUT2D eigenvalue weighted by Crippen LogP contribution is -2.56. The molecule has 0 aromatic heterocycles. The molecule has 10 heteroatoms. The molecule has 0 aliphatic carbocycles. The van der Waals surface area contributed by atoms with Crippen molar-refractivity contribution in [2.75, 3.05) is 32.8 Å². The van der Waals surface area contributed by atoms with Gasteiger partial charge in [-0.15, -0.1) is 0 Å². The number of hydrogen-bond acceptors (Lipinski definition) is 7. The van der Waals surface area contributed by atoms with Crippen LogP contribution in [0.2, 0.25) is 0 Å². The van der Waals surface area contributed by atoms with Crippen molar-refractivity contribution in [3.63, 3.8) is 0 Å². The molecule has 0 radical (unpaired) electrons. The number of hydrogen-bond donors (Lipinski definition) is 2. The Balaban J connectivity index is 1.53. The van der Waals surface area contributed by atoms with E-state index in [9.17, 15) is 24.3 Å². The molecule has 2 N–H and O–H groups in total. The number of carbonyl (C=O) groups excluding carboxylic acids is 4. The molecular weight excluding hydrogens is 538 g/mol. The van der Waals surface area contributed by atoms with Gasteiger partial charge >= 0.3 is 5.97 Å². The standard InChI is InChI=1S/C32H41N3O7/c1-2-3-17-34-18-9-5-8-14-25(37)41-21-23(22-12-6-4-7-13-22)33-29(38)26-24-15-16-32(42-24)27(26)30(39)35(19-10-11-20-36)28(32)31(34)40/h4-7,9,12-13,15-16,23-24,26-28,36H,2-3,8,10-11,14,17-21H2,1H3,(H,33,38)/b9-5-/t23-,24-,26+,27+,28-,32+/m0/s1. The molecule has 4 aliphatic heterocycles. The number of nitrogens with zero attached hydrogens (tertiary/aromatic N) is 2. The number of nitrogens with one attached hydrogen (secondary N) is 1. The summed E-state index contributed by atoms with van der Waals surface area (Å²) >= 11 is 0. The lowest BCUT2D eigenvalue weighted by molar-refractivity contribution is -0.148. The third kappa shape index (κ3) is 5.74. The second-order valence-electron chi connectivity index (χ2n) is 11.5. The Kier molecular flexibility index (Phi) is 9.43.